The van der Waals surface area contributed by atoms with Crippen LogP contribution in [0.1, 0.15) is 24.8 Å². The first kappa shape index (κ1) is 13.0. The third kappa shape index (κ3) is 2.28. The predicted molar refractivity (Wildman–Crippen MR) is 76.5 cm³/mol. The lowest BCUT2D eigenvalue weighted by Crippen LogP contribution is -2.37. The molecular weight excluding hydrogens is 370 g/mol. The summed E-state index contributed by atoms with van der Waals surface area (Å²) in [7, 11) is 0. The third-order valence-electron chi connectivity index (χ3n) is 2.49. The Morgan fingerprint density at radius 1 is 1.53 bits per heavy atom. The average molecular weight is 381 g/mol. The quantitative estimate of drug-likeness (QED) is 0.853. The Morgan fingerprint density at radius 2 is 2.18 bits per heavy atom. The molecule has 1 aromatic heterocycles. The second kappa shape index (κ2) is 4.70. The zero-order chi connectivity index (χ0) is 12.7. The summed E-state index contributed by atoms with van der Waals surface area (Å²) in [6.45, 7) is 3.91. The molecule has 2 N–H and O–H groups in total. The van der Waals surface area contributed by atoms with E-state index in [-0.39, 0.29) is 18.1 Å². The van der Waals surface area contributed by atoms with Crippen molar-refractivity contribution in [1.82, 2.24) is 4.90 Å². The van der Waals surface area contributed by atoms with Crippen LogP contribution in [0.3, 0.4) is 0 Å². The minimum Gasteiger partial charge on any atom is -0.385 e. The van der Waals surface area contributed by atoms with Crippen LogP contribution in [0.25, 0.3) is 0 Å². The summed E-state index contributed by atoms with van der Waals surface area (Å²) in [5.74, 6) is 0.366. The van der Waals surface area contributed by atoms with E-state index in [1.165, 1.54) is 0 Å². The molecule has 2 heterocycles. The highest BCUT2D eigenvalue weighted by Gasteiger charge is 2.37. The zero-order valence-electron chi connectivity index (χ0n) is 9.28. The molecule has 4 nitrogen and oxygen atoms in total. The summed E-state index contributed by atoms with van der Waals surface area (Å²) in [5.41, 5.74) is 5.85. The van der Waals surface area contributed by atoms with Gasteiger partial charge in [0.05, 0.1) is 3.79 Å². The van der Waals surface area contributed by atoms with Gasteiger partial charge >= 0.3 is 6.03 Å². The van der Waals surface area contributed by atoms with Crippen molar-refractivity contribution in [2.24, 2.45) is 10.7 Å². The number of rotatable bonds is 2. The van der Waals surface area contributed by atoms with Crippen LogP contribution in [0, 0.1) is 0 Å². The lowest BCUT2D eigenvalue weighted by molar-refractivity contribution is 0.191. The molecule has 0 bridgehead atoms. The number of carbonyl (C=O) groups excluding carboxylic acids is 1. The first-order chi connectivity index (χ1) is 7.91. The molecule has 0 aliphatic carbocycles. The molecule has 0 aromatic carbocycles. The Kier molecular flexibility index (Phi) is 3.61. The van der Waals surface area contributed by atoms with Gasteiger partial charge in [-0.05, 0) is 51.8 Å². The van der Waals surface area contributed by atoms with E-state index in [0.717, 1.165) is 13.1 Å². The molecule has 1 unspecified atom stereocenters. The number of hydrogen-bond donors (Lipinski definition) is 1. The molecular formula is C10H11Br2N3OS. The number of amidine groups is 1. The molecule has 17 heavy (non-hydrogen) atoms. The van der Waals surface area contributed by atoms with E-state index in [0.29, 0.717) is 5.84 Å². The van der Waals surface area contributed by atoms with Crippen molar-refractivity contribution in [2.75, 3.05) is 0 Å². The minimum absolute atomic E-state index is 0.0666. The molecule has 0 saturated heterocycles. The standard InChI is InChI=1S/C10H11Br2N3OS/c1-4(2)15-7(9(13)14-10(15)16)6-3-5(11)8(12)17-6/h3-4,7H,1-2H3,(H2,13,14,16). The normalized spacial score (nSPS) is 20.3. The van der Waals surface area contributed by atoms with Gasteiger partial charge < -0.3 is 10.6 Å². The van der Waals surface area contributed by atoms with E-state index >= 15 is 0 Å². The van der Waals surface area contributed by atoms with Crippen molar-refractivity contribution in [1.29, 1.82) is 0 Å². The number of thiophene rings is 1. The van der Waals surface area contributed by atoms with Gasteiger partial charge in [0.25, 0.3) is 0 Å². The summed E-state index contributed by atoms with van der Waals surface area (Å²) in [6.07, 6.45) is 0. The highest BCUT2D eigenvalue weighted by Crippen LogP contribution is 2.39. The summed E-state index contributed by atoms with van der Waals surface area (Å²) in [6, 6.07) is 1.53. The smallest absolute Gasteiger partial charge is 0.346 e. The molecule has 7 heteroatoms. The maximum Gasteiger partial charge on any atom is 0.346 e. The Labute approximate surface area is 120 Å². The van der Waals surface area contributed by atoms with Gasteiger partial charge in [0.15, 0.2) is 0 Å². The second-order valence-electron chi connectivity index (χ2n) is 3.99. The molecule has 0 radical (unpaired) electrons. The van der Waals surface area contributed by atoms with Gasteiger partial charge in [0.2, 0.25) is 0 Å². The summed E-state index contributed by atoms with van der Waals surface area (Å²) in [5, 5.41) is 0. The van der Waals surface area contributed by atoms with Gasteiger partial charge in [-0.25, -0.2) is 4.79 Å². The Bertz CT molecular complexity index is 478. The average Bonchev–Trinajstić information content (AvgIpc) is 2.68. The van der Waals surface area contributed by atoms with E-state index in [4.69, 9.17) is 5.73 Å². The largest absolute Gasteiger partial charge is 0.385 e. The van der Waals surface area contributed by atoms with E-state index in [1.54, 1.807) is 16.2 Å². The number of nitrogens with zero attached hydrogens (tertiary/aromatic N) is 2. The van der Waals surface area contributed by atoms with Crippen LogP contribution in [-0.2, 0) is 0 Å². The highest BCUT2D eigenvalue weighted by atomic mass is 79.9. The molecule has 0 saturated carbocycles. The maximum atomic E-state index is 11.7. The minimum atomic E-state index is -0.261. The Hall–Kier alpha value is -0.400. The van der Waals surface area contributed by atoms with Gasteiger partial charge in [-0.1, -0.05) is 0 Å². The summed E-state index contributed by atoms with van der Waals surface area (Å²) < 4.78 is 1.96. The molecule has 1 aliphatic heterocycles. The van der Waals surface area contributed by atoms with Crippen molar-refractivity contribution < 1.29 is 4.79 Å². The van der Waals surface area contributed by atoms with Gasteiger partial charge in [0, 0.05) is 15.4 Å². The molecule has 1 aliphatic rings. The first-order valence-electron chi connectivity index (χ1n) is 5.03. The van der Waals surface area contributed by atoms with Gasteiger partial charge in [-0.2, -0.15) is 4.99 Å². The fraction of sp³-hybridized carbons (Fsp3) is 0.400. The van der Waals surface area contributed by atoms with Gasteiger partial charge in [-0.15, -0.1) is 11.3 Å². The van der Waals surface area contributed by atoms with Gasteiger partial charge in [-0.3, -0.25) is 0 Å². The van der Waals surface area contributed by atoms with Crippen LogP contribution in [0.4, 0.5) is 4.79 Å². The summed E-state index contributed by atoms with van der Waals surface area (Å²) >= 11 is 8.43. The number of urea groups is 1. The summed E-state index contributed by atoms with van der Waals surface area (Å²) in [4.78, 5) is 18.3. The number of carbonyl (C=O) groups is 1. The van der Waals surface area contributed by atoms with Crippen molar-refractivity contribution in [3.63, 3.8) is 0 Å². The topological polar surface area (TPSA) is 58.7 Å². The SMILES string of the molecule is CC(C)N1C(=O)N=C(N)C1c1cc(Br)c(Br)s1. The molecule has 0 fully saturated rings. The molecule has 0 spiro atoms. The van der Waals surface area contributed by atoms with Crippen LogP contribution in [-0.4, -0.2) is 22.8 Å². The van der Waals surface area contributed by atoms with Gasteiger partial charge in [0.1, 0.15) is 11.9 Å². The van der Waals surface area contributed by atoms with Crippen molar-refractivity contribution in [2.45, 2.75) is 25.9 Å². The van der Waals surface area contributed by atoms with E-state index < -0.39 is 0 Å². The number of amides is 2. The monoisotopic (exact) mass is 379 g/mol. The molecule has 1 aromatic rings. The zero-order valence-corrected chi connectivity index (χ0v) is 13.3. The fourth-order valence-electron chi connectivity index (χ4n) is 1.78. The fourth-order valence-corrected chi connectivity index (χ4v) is 3.98. The number of aliphatic imine (C=N–C) groups is 1. The van der Waals surface area contributed by atoms with Crippen molar-refractivity contribution in [3.8, 4) is 0 Å². The lowest BCUT2D eigenvalue weighted by Gasteiger charge is -2.26. The molecule has 2 amide bonds. The van der Waals surface area contributed by atoms with Crippen molar-refractivity contribution >= 4 is 55.1 Å². The predicted octanol–water partition coefficient (Wildman–Crippen LogP) is 3.52. The Morgan fingerprint density at radius 3 is 2.65 bits per heavy atom. The van der Waals surface area contributed by atoms with E-state index in [9.17, 15) is 4.79 Å². The number of nitrogens with two attached hydrogens (primary N) is 1. The second-order valence-corrected chi connectivity index (χ2v) is 7.25. The van der Waals surface area contributed by atoms with Crippen LogP contribution >= 0.6 is 43.2 Å². The van der Waals surface area contributed by atoms with E-state index in [2.05, 4.69) is 36.9 Å². The van der Waals surface area contributed by atoms with Crippen LogP contribution in [0.5, 0.6) is 0 Å². The molecule has 2 rings (SSSR count). The van der Waals surface area contributed by atoms with Crippen LogP contribution in [0.15, 0.2) is 19.3 Å². The molecule has 92 valence electrons. The maximum absolute atomic E-state index is 11.7. The lowest BCUT2D eigenvalue weighted by atomic mass is 10.2. The molecule has 1 atom stereocenters. The van der Waals surface area contributed by atoms with E-state index in [1.807, 2.05) is 19.9 Å². The number of halogens is 2. The first-order valence-corrected chi connectivity index (χ1v) is 7.43. The van der Waals surface area contributed by atoms with Crippen LogP contribution < -0.4 is 5.73 Å². The Balaban J connectivity index is 2.42. The van der Waals surface area contributed by atoms with Crippen LogP contribution in [0.2, 0.25) is 0 Å². The third-order valence-corrected chi connectivity index (χ3v) is 5.80. The highest BCUT2D eigenvalue weighted by molar-refractivity contribution is 9.13. The number of hydrogen-bond acceptors (Lipinski definition) is 3. The van der Waals surface area contributed by atoms with Crippen molar-refractivity contribution in [3.05, 3.63) is 19.2 Å².